The van der Waals surface area contributed by atoms with Crippen LogP contribution in [-0.4, -0.2) is 9.78 Å². The average molecular weight is 219 g/mol. The number of furan rings is 1. The molecule has 0 saturated heterocycles. The van der Waals surface area contributed by atoms with Crippen molar-refractivity contribution in [1.29, 1.82) is 0 Å². The Labute approximate surface area is 95.3 Å². The average Bonchev–Trinajstić information content (AvgIpc) is 2.88. The molecule has 2 aromatic heterocycles. The zero-order chi connectivity index (χ0) is 11.4. The van der Waals surface area contributed by atoms with E-state index >= 15 is 0 Å². The van der Waals surface area contributed by atoms with Crippen LogP contribution >= 0.6 is 0 Å². The SMILES string of the molecule is CCc1ccc(CNCc2ccn(C)n2)o1. The van der Waals surface area contributed by atoms with Crippen LogP contribution < -0.4 is 5.32 Å². The van der Waals surface area contributed by atoms with E-state index in [1.54, 1.807) is 4.68 Å². The molecule has 0 bridgehead atoms. The molecule has 0 aliphatic carbocycles. The Balaban J connectivity index is 1.79. The lowest BCUT2D eigenvalue weighted by Crippen LogP contribution is -2.12. The molecule has 86 valence electrons. The lowest BCUT2D eigenvalue weighted by atomic mass is 10.3. The van der Waals surface area contributed by atoms with Crippen molar-refractivity contribution in [3.8, 4) is 0 Å². The summed E-state index contributed by atoms with van der Waals surface area (Å²) in [6.45, 7) is 3.60. The highest BCUT2D eigenvalue weighted by Crippen LogP contribution is 2.08. The molecule has 2 heterocycles. The second-order valence-electron chi connectivity index (χ2n) is 3.81. The van der Waals surface area contributed by atoms with Crippen LogP contribution in [0.3, 0.4) is 0 Å². The van der Waals surface area contributed by atoms with E-state index in [1.165, 1.54) is 0 Å². The Hall–Kier alpha value is -1.55. The number of hydrogen-bond acceptors (Lipinski definition) is 3. The first kappa shape index (κ1) is 11.0. The highest BCUT2D eigenvalue weighted by atomic mass is 16.3. The van der Waals surface area contributed by atoms with Gasteiger partial charge in [-0.05, 0) is 18.2 Å². The van der Waals surface area contributed by atoms with E-state index in [9.17, 15) is 0 Å². The predicted octanol–water partition coefficient (Wildman–Crippen LogP) is 1.87. The fraction of sp³-hybridized carbons (Fsp3) is 0.417. The van der Waals surface area contributed by atoms with Crippen molar-refractivity contribution < 1.29 is 4.42 Å². The maximum atomic E-state index is 5.59. The molecule has 0 amide bonds. The molecule has 0 unspecified atom stereocenters. The van der Waals surface area contributed by atoms with E-state index in [1.807, 2.05) is 31.4 Å². The molecule has 2 aromatic rings. The molecule has 0 radical (unpaired) electrons. The minimum atomic E-state index is 0.747. The summed E-state index contributed by atoms with van der Waals surface area (Å²) in [5.41, 5.74) is 1.05. The van der Waals surface area contributed by atoms with Gasteiger partial charge in [-0.15, -0.1) is 0 Å². The second kappa shape index (κ2) is 4.99. The highest BCUT2D eigenvalue weighted by molar-refractivity contribution is 5.07. The van der Waals surface area contributed by atoms with Gasteiger partial charge in [0.05, 0.1) is 12.2 Å². The van der Waals surface area contributed by atoms with Crippen LogP contribution in [0.5, 0.6) is 0 Å². The molecule has 0 aliphatic rings. The van der Waals surface area contributed by atoms with Gasteiger partial charge < -0.3 is 9.73 Å². The number of rotatable bonds is 5. The lowest BCUT2D eigenvalue weighted by molar-refractivity contribution is 0.449. The second-order valence-corrected chi connectivity index (χ2v) is 3.81. The lowest BCUT2D eigenvalue weighted by Gasteiger charge is -1.99. The monoisotopic (exact) mass is 219 g/mol. The van der Waals surface area contributed by atoms with Gasteiger partial charge in [0.15, 0.2) is 0 Å². The first-order valence-corrected chi connectivity index (χ1v) is 5.54. The molecule has 0 spiro atoms. The summed E-state index contributed by atoms with van der Waals surface area (Å²) in [5, 5.41) is 7.59. The minimum absolute atomic E-state index is 0.747. The summed E-state index contributed by atoms with van der Waals surface area (Å²) in [7, 11) is 1.92. The van der Waals surface area contributed by atoms with E-state index in [2.05, 4.69) is 17.3 Å². The van der Waals surface area contributed by atoms with E-state index in [4.69, 9.17) is 4.42 Å². The number of nitrogens with zero attached hydrogens (tertiary/aromatic N) is 2. The van der Waals surface area contributed by atoms with E-state index in [-0.39, 0.29) is 0 Å². The van der Waals surface area contributed by atoms with Crippen LogP contribution in [0.1, 0.15) is 24.1 Å². The molecule has 0 fully saturated rings. The quantitative estimate of drug-likeness (QED) is 0.834. The summed E-state index contributed by atoms with van der Waals surface area (Å²) in [4.78, 5) is 0. The van der Waals surface area contributed by atoms with Gasteiger partial charge in [0.25, 0.3) is 0 Å². The van der Waals surface area contributed by atoms with Gasteiger partial charge in [-0.25, -0.2) is 0 Å². The molecule has 4 heteroatoms. The Morgan fingerprint density at radius 1 is 1.25 bits per heavy atom. The zero-order valence-corrected chi connectivity index (χ0v) is 9.73. The van der Waals surface area contributed by atoms with E-state index in [0.717, 1.165) is 36.7 Å². The summed E-state index contributed by atoms with van der Waals surface area (Å²) in [6, 6.07) is 6.05. The third-order valence-corrected chi connectivity index (χ3v) is 2.44. The number of nitrogens with one attached hydrogen (secondary N) is 1. The third kappa shape index (κ3) is 2.73. The Morgan fingerprint density at radius 2 is 2.06 bits per heavy atom. The number of aromatic nitrogens is 2. The van der Waals surface area contributed by atoms with Crippen LogP contribution in [0, 0.1) is 0 Å². The third-order valence-electron chi connectivity index (χ3n) is 2.44. The first-order valence-electron chi connectivity index (χ1n) is 5.54. The van der Waals surface area contributed by atoms with Gasteiger partial charge in [0.1, 0.15) is 11.5 Å². The molecule has 0 aromatic carbocycles. The van der Waals surface area contributed by atoms with Gasteiger partial charge in [0, 0.05) is 26.2 Å². The van der Waals surface area contributed by atoms with Gasteiger partial charge in [-0.3, -0.25) is 4.68 Å². The summed E-state index contributed by atoms with van der Waals surface area (Å²) in [5.74, 6) is 2.02. The van der Waals surface area contributed by atoms with Crippen LogP contribution in [0.2, 0.25) is 0 Å². The maximum Gasteiger partial charge on any atom is 0.117 e. The summed E-state index contributed by atoms with van der Waals surface area (Å²) >= 11 is 0. The molecule has 0 aliphatic heterocycles. The normalized spacial score (nSPS) is 10.9. The molecule has 0 saturated carbocycles. The van der Waals surface area contributed by atoms with Gasteiger partial charge in [-0.1, -0.05) is 6.92 Å². The smallest absolute Gasteiger partial charge is 0.117 e. The first-order chi connectivity index (χ1) is 7.78. The van der Waals surface area contributed by atoms with Crippen molar-refractivity contribution in [2.75, 3.05) is 0 Å². The molecule has 0 atom stereocenters. The van der Waals surface area contributed by atoms with Gasteiger partial charge >= 0.3 is 0 Å². The summed E-state index contributed by atoms with van der Waals surface area (Å²) in [6.07, 6.45) is 2.89. The minimum Gasteiger partial charge on any atom is -0.465 e. The van der Waals surface area contributed by atoms with Crippen molar-refractivity contribution in [2.45, 2.75) is 26.4 Å². The molecular weight excluding hydrogens is 202 g/mol. The highest BCUT2D eigenvalue weighted by Gasteiger charge is 2.01. The van der Waals surface area contributed by atoms with Crippen molar-refractivity contribution in [3.63, 3.8) is 0 Å². The van der Waals surface area contributed by atoms with Crippen LogP contribution in [0.4, 0.5) is 0 Å². The number of aryl methyl sites for hydroxylation is 2. The van der Waals surface area contributed by atoms with Crippen LogP contribution in [0.25, 0.3) is 0 Å². The van der Waals surface area contributed by atoms with E-state index < -0.39 is 0 Å². The van der Waals surface area contributed by atoms with Crippen LogP contribution in [-0.2, 0) is 26.6 Å². The van der Waals surface area contributed by atoms with Crippen molar-refractivity contribution >= 4 is 0 Å². The number of hydrogen-bond donors (Lipinski definition) is 1. The molecular formula is C12H17N3O. The van der Waals surface area contributed by atoms with Crippen molar-refractivity contribution in [1.82, 2.24) is 15.1 Å². The van der Waals surface area contributed by atoms with Crippen molar-refractivity contribution in [3.05, 3.63) is 41.6 Å². The Kier molecular flexibility index (Phi) is 3.41. The summed E-state index contributed by atoms with van der Waals surface area (Å²) < 4.78 is 7.39. The fourth-order valence-electron chi connectivity index (χ4n) is 1.58. The largest absolute Gasteiger partial charge is 0.465 e. The van der Waals surface area contributed by atoms with E-state index in [0.29, 0.717) is 0 Å². The van der Waals surface area contributed by atoms with Crippen molar-refractivity contribution in [2.24, 2.45) is 7.05 Å². The maximum absolute atomic E-state index is 5.59. The van der Waals surface area contributed by atoms with Crippen LogP contribution in [0.15, 0.2) is 28.8 Å². The van der Waals surface area contributed by atoms with Gasteiger partial charge in [-0.2, -0.15) is 5.10 Å². The Morgan fingerprint density at radius 3 is 2.69 bits per heavy atom. The topological polar surface area (TPSA) is 43.0 Å². The van der Waals surface area contributed by atoms with Gasteiger partial charge in [0.2, 0.25) is 0 Å². The predicted molar refractivity (Wildman–Crippen MR) is 61.8 cm³/mol. The molecule has 16 heavy (non-hydrogen) atoms. The standard InChI is InChI=1S/C12H17N3O/c1-3-11-4-5-12(16-11)9-13-8-10-6-7-15(2)14-10/h4-7,13H,3,8-9H2,1-2H3. The molecule has 1 N–H and O–H groups in total. The Bertz CT molecular complexity index is 445. The zero-order valence-electron chi connectivity index (χ0n) is 9.73. The molecule has 2 rings (SSSR count). The molecule has 4 nitrogen and oxygen atoms in total. The fourth-order valence-corrected chi connectivity index (χ4v) is 1.58.